The van der Waals surface area contributed by atoms with Crippen molar-refractivity contribution >= 4 is 11.9 Å². The Balaban J connectivity index is 1.65. The fourth-order valence-corrected chi connectivity index (χ4v) is 2.90. The Kier molecular flexibility index (Phi) is 5.82. The van der Waals surface area contributed by atoms with Crippen LogP contribution in [-0.4, -0.2) is 67.7 Å². The normalized spacial score (nSPS) is 16.0. The SMILES string of the molecule is C[C@@H](O)Cn1cc(C(=O)N2CCN(c3ncc(C(F)(F)F)cn3)CC2)cnc1=O. The average molecular weight is 412 g/mol. The molecule has 1 amide bonds. The molecule has 0 aromatic carbocycles. The molecule has 0 spiro atoms. The summed E-state index contributed by atoms with van der Waals surface area (Å²) in [5.41, 5.74) is -1.27. The van der Waals surface area contributed by atoms with E-state index in [9.17, 15) is 27.9 Å². The number of piperazine rings is 1. The highest BCUT2D eigenvalue weighted by atomic mass is 19.4. The third-order valence-corrected chi connectivity index (χ3v) is 4.38. The van der Waals surface area contributed by atoms with Gasteiger partial charge in [-0.25, -0.2) is 19.7 Å². The molecule has 0 saturated carbocycles. The maximum Gasteiger partial charge on any atom is 0.419 e. The maximum absolute atomic E-state index is 12.7. The monoisotopic (exact) mass is 412 g/mol. The smallest absolute Gasteiger partial charge is 0.392 e. The first-order valence-electron chi connectivity index (χ1n) is 8.83. The number of nitrogens with zero attached hydrogens (tertiary/aromatic N) is 6. The predicted molar refractivity (Wildman–Crippen MR) is 95.3 cm³/mol. The molecule has 1 aliphatic rings. The topological polar surface area (TPSA) is 104 Å². The van der Waals surface area contributed by atoms with E-state index in [0.717, 1.165) is 12.4 Å². The highest BCUT2D eigenvalue weighted by Gasteiger charge is 2.32. The molecule has 1 atom stereocenters. The van der Waals surface area contributed by atoms with Crippen molar-refractivity contribution in [3.05, 3.63) is 46.4 Å². The molecule has 0 unspecified atom stereocenters. The van der Waals surface area contributed by atoms with Crippen LogP contribution in [0.2, 0.25) is 0 Å². The van der Waals surface area contributed by atoms with E-state index in [-0.39, 0.29) is 24.0 Å². The van der Waals surface area contributed by atoms with Crippen LogP contribution in [0.15, 0.2) is 29.6 Å². The van der Waals surface area contributed by atoms with E-state index < -0.39 is 23.5 Å². The highest BCUT2D eigenvalue weighted by molar-refractivity contribution is 5.93. The number of hydrogen-bond acceptors (Lipinski definition) is 7. The van der Waals surface area contributed by atoms with E-state index in [1.54, 1.807) is 9.80 Å². The first kappa shape index (κ1) is 20.7. The van der Waals surface area contributed by atoms with Crippen molar-refractivity contribution in [3.8, 4) is 0 Å². The van der Waals surface area contributed by atoms with Gasteiger partial charge in [-0.1, -0.05) is 0 Å². The Morgan fingerprint density at radius 3 is 2.31 bits per heavy atom. The lowest BCUT2D eigenvalue weighted by atomic mass is 10.2. The van der Waals surface area contributed by atoms with Gasteiger partial charge in [0.25, 0.3) is 5.91 Å². The minimum Gasteiger partial charge on any atom is -0.392 e. The van der Waals surface area contributed by atoms with E-state index >= 15 is 0 Å². The summed E-state index contributed by atoms with van der Waals surface area (Å²) in [6, 6.07) is 0. The number of hydrogen-bond donors (Lipinski definition) is 1. The molecule has 0 aliphatic carbocycles. The van der Waals surface area contributed by atoms with Crippen molar-refractivity contribution in [1.82, 2.24) is 24.4 Å². The standard InChI is InChI=1S/C17H19F3N6O3/c1-11(27)9-26-10-12(6-23-16(26)29)14(28)24-2-4-25(5-3-24)15-21-7-13(8-22-15)17(18,19)20/h6-8,10-11,27H,2-5,9H2,1H3/t11-/m1/s1. The van der Waals surface area contributed by atoms with Crippen LogP contribution in [-0.2, 0) is 12.7 Å². The van der Waals surface area contributed by atoms with Gasteiger partial charge in [0.2, 0.25) is 5.95 Å². The molecule has 2 aromatic rings. The van der Waals surface area contributed by atoms with Gasteiger partial charge >= 0.3 is 11.9 Å². The largest absolute Gasteiger partial charge is 0.419 e. The van der Waals surface area contributed by atoms with Gasteiger partial charge in [-0.2, -0.15) is 13.2 Å². The van der Waals surface area contributed by atoms with Crippen LogP contribution in [0, 0.1) is 0 Å². The minimum atomic E-state index is -4.50. The minimum absolute atomic E-state index is 0.0198. The molecule has 1 N–H and O–H groups in total. The number of rotatable bonds is 4. The van der Waals surface area contributed by atoms with Gasteiger partial charge in [-0.05, 0) is 6.92 Å². The zero-order chi connectivity index (χ0) is 21.2. The average Bonchev–Trinajstić information content (AvgIpc) is 2.68. The Bertz CT molecular complexity index is 921. The zero-order valence-corrected chi connectivity index (χ0v) is 15.5. The van der Waals surface area contributed by atoms with Crippen molar-refractivity contribution in [2.24, 2.45) is 0 Å². The number of carbonyl (C=O) groups excluding carboxylic acids is 1. The molecule has 2 aromatic heterocycles. The zero-order valence-electron chi connectivity index (χ0n) is 15.5. The second-order valence-corrected chi connectivity index (χ2v) is 6.68. The molecular formula is C17H19F3N6O3. The van der Waals surface area contributed by atoms with Crippen molar-refractivity contribution in [2.45, 2.75) is 25.7 Å². The van der Waals surface area contributed by atoms with Crippen molar-refractivity contribution in [2.75, 3.05) is 31.1 Å². The molecule has 0 radical (unpaired) electrons. The summed E-state index contributed by atoms with van der Waals surface area (Å²) >= 11 is 0. The molecule has 3 heterocycles. The fourth-order valence-electron chi connectivity index (χ4n) is 2.90. The van der Waals surface area contributed by atoms with Crippen LogP contribution in [0.25, 0.3) is 0 Å². The van der Waals surface area contributed by atoms with E-state index in [1.165, 1.54) is 23.9 Å². The number of aliphatic hydroxyl groups is 1. The number of amides is 1. The van der Waals surface area contributed by atoms with E-state index in [2.05, 4.69) is 15.0 Å². The van der Waals surface area contributed by atoms with Gasteiger partial charge in [-0.15, -0.1) is 0 Å². The van der Waals surface area contributed by atoms with Gasteiger partial charge in [0, 0.05) is 51.0 Å². The van der Waals surface area contributed by atoms with Gasteiger partial charge in [0.15, 0.2) is 0 Å². The Labute approximate surface area is 163 Å². The number of aromatic nitrogens is 4. The number of alkyl halides is 3. The van der Waals surface area contributed by atoms with Crippen molar-refractivity contribution in [1.29, 1.82) is 0 Å². The Hall–Kier alpha value is -3.02. The Morgan fingerprint density at radius 1 is 1.14 bits per heavy atom. The summed E-state index contributed by atoms with van der Waals surface area (Å²) in [6.07, 6.45) is -1.26. The molecule has 3 rings (SSSR count). The summed E-state index contributed by atoms with van der Waals surface area (Å²) in [6.45, 7) is 2.84. The summed E-state index contributed by atoms with van der Waals surface area (Å²) in [5.74, 6) is -0.165. The first-order chi connectivity index (χ1) is 13.6. The number of carbonyl (C=O) groups is 1. The van der Waals surface area contributed by atoms with Crippen LogP contribution in [0.3, 0.4) is 0 Å². The molecular weight excluding hydrogens is 393 g/mol. The van der Waals surface area contributed by atoms with E-state index in [0.29, 0.717) is 26.2 Å². The third-order valence-electron chi connectivity index (χ3n) is 4.38. The maximum atomic E-state index is 12.7. The lowest BCUT2D eigenvalue weighted by Gasteiger charge is -2.34. The molecule has 1 aliphatic heterocycles. The summed E-state index contributed by atoms with van der Waals surface area (Å²) in [5, 5.41) is 9.44. The number of aliphatic hydroxyl groups excluding tert-OH is 1. The predicted octanol–water partition coefficient (Wildman–Crippen LogP) is 0.395. The molecule has 12 heteroatoms. The second kappa shape index (κ2) is 8.15. The molecule has 0 bridgehead atoms. The van der Waals surface area contributed by atoms with E-state index in [1.807, 2.05) is 0 Å². The lowest BCUT2D eigenvalue weighted by molar-refractivity contribution is -0.138. The quantitative estimate of drug-likeness (QED) is 0.775. The van der Waals surface area contributed by atoms with Crippen molar-refractivity contribution < 1.29 is 23.1 Å². The molecule has 1 saturated heterocycles. The van der Waals surface area contributed by atoms with Gasteiger partial charge in [0.1, 0.15) is 0 Å². The van der Waals surface area contributed by atoms with Gasteiger partial charge in [-0.3, -0.25) is 9.36 Å². The molecule has 9 nitrogen and oxygen atoms in total. The summed E-state index contributed by atoms with van der Waals surface area (Å²) < 4.78 is 39.0. The van der Waals surface area contributed by atoms with Crippen LogP contribution >= 0.6 is 0 Å². The second-order valence-electron chi connectivity index (χ2n) is 6.68. The summed E-state index contributed by atoms with van der Waals surface area (Å²) in [4.78, 5) is 38.8. The fraction of sp³-hybridized carbons (Fsp3) is 0.471. The van der Waals surface area contributed by atoms with Gasteiger partial charge < -0.3 is 14.9 Å². The van der Waals surface area contributed by atoms with E-state index in [4.69, 9.17) is 0 Å². The van der Waals surface area contributed by atoms with Gasteiger partial charge in [0.05, 0.1) is 23.8 Å². The highest BCUT2D eigenvalue weighted by Crippen LogP contribution is 2.28. The number of halogens is 3. The molecule has 1 fully saturated rings. The number of anilines is 1. The lowest BCUT2D eigenvalue weighted by Crippen LogP contribution is -2.49. The van der Waals surface area contributed by atoms with Crippen molar-refractivity contribution in [3.63, 3.8) is 0 Å². The van der Waals surface area contributed by atoms with Crippen LogP contribution in [0.1, 0.15) is 22.8 Å². The molecule has 156 valence electrons. The third kappa shape index (κ3) is 4.88. The first-order valence-corrected chi connectivity index (χ1v) is 8.83. The van der Waals surface area contributed by atoms with Crippen LogP contribution < -0.4 is 10.6 Å². The van der Waals surface area contributed by atoms with Crippen LogP contribution in [0.5, 0.6) is 0 Å². The Morgan fingerprint density at radius 2 is 1.76 bits per heavy atom. The molecule has 29 heavy (non-hydrogen) atoms. The summed E-state index contributed by atoms with van der Waals surface area (Å²) in [7, 11) is 0. The van der Waals surface area contributed by atoms with Crippen LogP contribution in [0.4, 0.5) is 19.1 Å².